The molecule has 0 fully saturated rings. The van der Waals surface area contributed by atoms with Crippen molar-refractivity contribution in [3.05, 3.63) is 47.5 Å². The first-order valence-corrected chi connectivity index (χ1v) is 6.94. The average Bonchev–Trinajstić information content (AvgIpc) is 2.75. The summed E-state index contributed by atoms with van der Waals surface area (Å²) in [6, 6.07) is 12.3. The van der Waals surface area contributed by atoms with Crippen LogP contribution in [0.25, 0.3) is 11.0 Å². The molecule has 0 bridgehead atoms. The Balaban J connectivity index is 1.94. The number of aryl methyl sites for hydroxylation is 2. The number of nitrogen functional groups attached to an aromatic ring is 1. The summed E-state index contributed by atoms with van der Waals surface area (Å²) in [5.41, 5.74) is 11.1. The van der Waals surface area contributed by atoms with Gasteiger partial charge in [0.05, 0.1) is 11.0 Å². The van der Waals surface area contributed by atoms with Gasteiger partial charge < -0.3 is 10.7 Å². The van der Waals surface area contributed by atoms with Crippen LogP contribution < -0.4 is 5.73 Å². The number of nitrogens with one attached hydrogen (secondary N) is 1. The van der Waals surface area contributed by atoms with E-state index >= 15 is 0 Å². The molecular formula is C15H15N3S. The Labute approximate surface area is 116 Å². The molecule has 2 aromatic carbocycles. The van der Waals surface area contributed by atoms with Crippen molar-refractivity contribution in [2.24, 2.45) is 0 Å². The van der Waals surface area contributed by atoms with Crippen molar-refractivity contribution < 1.29 is 0 Å². The SMILES string of the molecule is Cc1ccc2nc(Sc3ccc(N)c(C)c3)[nH]c2c1. The van der Waals surface area contributed by atoms with Crippen molar-refractivity contribution in [3.63, 3.8) is 0 Å². The number of H-pyrrole nitrogens is 1. The van der Waals surface area contributed by atoms with Gasteiger partial charge in [0.15, 0.2) is 5.16 Å². The van der Waals surface area contributed by atoms with E-state index in [1.807, 2.05) is 25.1 Å². The highest BCUT2D eigenvalue weighted by Crippen LogP contribution is 2.29. The first-order chi connectivity index (χ1) is 9.11. The summed E-state index contributed by atoms with van der Waals surface area (Å²) in [7, 11) is 0. The Morgan fingerprint density at radius 3 is 2.74 bits per heavy atom. The molecule has 0 radical (unpaired) electrons. The normalized spacial score (nSPS) is 11.1. The number of aromatic amines is 1. The highest BCUT2D eigenvalue weighted by molar-refractivity contribution is 7.99. The van der Waals surface area contributed by atoms with E-state index in [1.165, 1.54) is 5.56 Å². The quantitative estimate of drug-likeness (QED) is 0.693. The van der Waals surface area contributed by atoms with E-state index in [0.29, 0.717) is 0 Å². The molecule has 0 unspecified atom stereocenters. The van der Waals surface area contributed by atoms with E-state index in [-0.39, 0.29) is 0 Å². The standard InChI is InChI=1S/C15H15N3S/c1-9-3-6-13-14(7-9)18-15(17-13)19-11-4-5-12(16)10(2)8-11/h3-8H,16H2,1-2H3,(H,17,18). The second kappa shape index (κ2) is 4.63. The molecule has 3 rings (SSSR count). The molecular weight excluding hydrogens is 254 g/mol. The van der Waals surface area contributed by atoms with Crippen LogP contribution in [0.5, 0.6) is 0 Å². The zero-order valence-corrected chi connectivity index (χ0v) is 11.7. The summed E-state index contributed by atoms with van der Waals surface area (Å²) >= 11 is 1.62. The minimum atomic E-state index is 0.824. The number of rotatable bonds is 2. The van der Waals surface area contributed by atoms with Gasteiger partial charge >= 0.3 is 0 Å². The zero-order chi connectivity index (χ0) is 13.4. The van der Waals surface area contributed by atoms with Crippen LogP contribution in [0.2, 0.25) is 0 Å². The predicted octanol–water partition coefficient (Wildman–Crippen LogP) is 3.91. The van der Waals surface area contributed by atoms with E-state index in [2.05, 4.69) is 35.1 Å². The monoisotopic (exact) mass is 269 g/mol. The molecule has 19 heavy (non-hydrogen) atoms. The lowest BCUT2D eigenvalue weighted by atomic mass is 10.2. The zero-order valence-electron chi connectivity index (χ0n) is 10.9. The van der Waals surface area contributed by atoms with Crippen LogP contribution >= 0.6 is 11.8 Å². The summed E-state index contributed by atoms with van der Waals surface area (Å²) < 4.78 is 0. The van der Waals surface area contributed by atoms with Gasteiger partial charge in [-0.3, -0.25) is 0 Å². The lowest BCUT2D eigenvalue weighted by Crippen LogP contribution is -1.88. The van der Waals surface area contributed by atoms with E-state index in [1.54, 1.807) is 11.8 Å². The largest absolute Gasteiger partial charge is 0.399 e. The summed E-state index contributed by atoms with van der Waals surface area (Å²) in [4.78, 5) is 9.06. The summed E-state index contributed by atoms with van der Waals surface area (Å²) in [5, 5.41) is 0.907. The molecule has 4 heteroatoms. The Hall–Kier alpha value is -1.94. The molecule has 1 aromatic heterocycles. The van der Waals surface area contributed by atoms with Crippen LogP contribution in [0.4, 0.5) is 5.69 Å². The fourth-order valence-electron chi connectivity index (χ4n) is 1.97. The molecule has 0 aliphatic heterocycles. The Bertz CT molecular complexity index is 746. The molecule has 0 aliphatic rings. The second-order valence-corrected chi connectivity index (χ2v) is 5.75. The van der Waals surface area contributed by atoms with Gasteiger partial charge in [0, 0.05) is 10.6 Å². The summed E-state index contributed by atoms with van der Waals surface area (Å²) in [6.45, 7) is 4.10. The van der Waals surface area contributed by atoms with E-state index in [0.717, 1.165) is 32.3 Å². The molecule has 3 nitrogen and oxygen atoms in total. The predicted molar refractivity (Wildman–Crippen MR) is 80.5 cm³/mol. The third kappa shape index (κ3) is 2.44. The van der Waals surface area contributed by atoms with Crippen LogP contribution in [-0.2, 0) is 0 Å². The number of fused-ring (bicyclic) bond motifs is 1. The van der Waals surface area contributed by atoms with Crippen molar-refractivity contribution in [3.8, 4) is 0 Å². The molecule has 0 aliphatic carbocycles. The Kier molecular flexibility index (Phi) is 2.95. The third-order valence-electron chi connectivity index (χ3n) is 3.07. The molecule has 0 saturated carbocycles. The number of hydrogen-bond acceptors (Lipinski definition) is 3. The van der Waals surface area contributed by atoms with Crippen molar-refractivity contribution >= 4 is 28.5 Å². The molecule has 0 spiro atoms. The molecule has 96 valence electrons. The van der Waals surface area contributed by atoms with Gasteiger partial charge in [-0.2, -0.15) is 0 Å². The van der Waals surface area contributed by atoms with Crippen LogP contribution in [0.15, 0.2) is 46.5 Å². The number of imidazole rings is 1. The lowest BCUT2D eigenvalue weighted by Gasteiger charge is -2.02. The van der Waals surface area contributed by atoms with Gasteiger partial charge in [-0.25, -0.2) is 4.98 Å². The number of hydrogen-bond donors (Lipinski definition) is 2. The van der Waals surface area contributed by atoms with Gasteiger partial charge in [0.1, 0.15) is 0 Å². The smallest absolute Gasteiger partial charge is 0.171 e. The van der Waals surface area contributed by atoms with Gasteiger partial charge in [0.2, 0.25) is 0 Å². The second-order valence-electron chi connectivity index (χ2n) is 4.68. The Morgan fingerprint density at radius 2 is 1.95 bits per heavy atom. The first-order valence-electron chi connectivity index (χ1n) is 6.12. The maximum Gasteiger partial charge on any atom is 0.171 e. The van der Waals surface area contributed by atoms with E-state index in [9.17, 15) is 0 Å². The van der Waals surface area contributed by atoms with Gasteiger partial charge in [-0.05, 0) is 55.3 Å². The van der Waals surface area contributed by atoms with Gasteiger partial charge in [-0.15, -0.1) is 0 Å². The van der Waals surface area contributed by atoms with Crippen molar-refractivity contribution in [2.75, 3.05) is 5.73 Å². The molecule has 0 atom stereocenters. The molecule has 0 amide bonds. The van der Waals surface area contributed by atoms with Crippen molar-refractivity contribution in [1.82, 2.24) is 9.97 Å². The number of anilines is 1. The fraction of sp³-hybridized carbons (Fsp3) is 0.133. The molecule has 0 saturated heterocycles. The summed E-state index contributed by atoms with van der Waals surface area (Å²) in [6.07, 6.45) is 0. The van der Waals surface area contributed by atoms with Crippen molar-refractivity contribution in [2.45, 2.75) is 23.9 Å². The average molecular weight is 269 g/mol. The van der Waals surface area contributed by atoms with Crippen LogP contribution in [0.1, 0.15) is 11.1 Å². The number of nitrogens with two attached hydrogens (primary N) is 1. The highest BCUT2D eigenvalue weighted by atomic mass is 32.2. The van der Waals surface area contributed by atoms with E-state index < -0.39 is 0 Å². The number of benzene rings is 2. The van der Waals surface area contributed by atoms with Crippen LogP contribution in [-0.4, -0.2) is 9.97 Å². The van der Waals surface area contributed by atoms with Crippen LogP contribution in [0.3, 0.4) is 0 Å². The minimum Gasteiger partial charge on any atom is -0.399 e. The fourth-order valence-corrected chi connectivity index (χ4v) is 2.87. The topological polar surface area (TPSA) is 54.7 Å². The lowest BCUT2D eigenvalue weighted by molar-refractivity contribution is 1.08. The first kappa shape index (κ1) is 12.1. The molecule has 3 N–H and O–H groups in total. The van der Waals surface area contributed by atoms with E-state index in [4.69, 9.17) is 5.73 Å². The third-order valence-corrected chi connectivity index (χ3v) is 3.95. The highest BCUT2D eigenvalue weighted by Gasteiger charge is 2.05. The van der Waals surface area contributed by atoms with Gasteiger partial charge in [-0.1, -0.05) is 17.8 Å². The maximum atomic E-state index is 5.83. The Morgan fingerprint density at radius 1 is 1.11 bits per heavy atom. The minimum absolute atomic E-state index is 0.824. The van der Waals surface area contributed by atoms with Crippen LogP contribution in [0, 0.1) is 13.8 Å². The number of nitrogens with zero attached hydrogens (tertiary/aromatic N) is 1. The maximum absolute atomic E-state index is 5.83. The summed E-state index contributed by atoms with van der Waals surface area (Å²) in [5.74, 6) is 0. The van der Waals surface area contributed by atoms with Crippen molar-refractivity contribution in [1.29, 1.82) is 0 Å². The number of aromatic nitrogens is 2. The van der Waals surface area contributed by atoms with Gasteiger partial charge in [0.25, 0.3) is 0 Å². The molecule has 3 aromatic rings. The molecule has 1 heterocycles.